The van der Waals surface area contributed by atoms with Crippen molar-refractivity contribution >= 4 is 0 Å². The molecule has 17 heavy (non-hydrogen) atoms. The molecule has 0 amide bonds. The van der Waals surface area contributed by atoms with Crippen LogP contribution in [0.1, 0.15) is 31.9 Å². The zero-order valence-corrected chi connectivity index (χ0v) is 10.6. The third kappa shape index (κ3) is 2.79. The van der Waals surface area contributed by atoms with Gasteiger partial charge in [0.25, 0.3) is 0 Å². The summed E-state index contributed by atoms with van der Waals surface area (Å²) in [6, 6.07) is 7.97. The van der Waals surface area contributed by atoms with Crippen LogP contribution in [-0.4, -0.2) is 19.3 Å². The number of rotatable bonds is 4. The number of ether oxygens (including phenoxy) is 2. The zero-order chi connectivity index (χ0) is 12.3. The number of nitrogens with two attached hydrogens (primary N) is 1. The van der Waals surface area contributed by atoms with Crippen molar-refractivity contribution in [3.63, 3.8) is 0 Å². The average molecular weight is 235 g/mol. The highest BCUT2D eigenvalue weighted by atomic mass is 16.5. The van der Waals surface area contributed by atoms with E-state index in [1.54, 1.807) is 0 Å². The molecule has 0 aromatic heterocycles. The first-order chi connectivity index (χ1) is 8.22. The van der Waals surface area contributed by atoms with E-state index < -0.39 is 0 Å². The molecule has 0 spiro atoms. The second kappa shape index (κ2) is 5.52. The van der Waals surface area contributed by atoms with Crippen molar-refractivity contribution in [2.24, 2.45) is 11.7 Å². The molecule has 0 aliphatic carbocycles. The van der Waals surface area contributed by atoms with Crippen LogP contribution >= 0.6 is 0 Å². The minimum atomic E-state index is -0.0387. The quantitative estimate of drug-likeness (QED) is 0.872. The van der Waals surface area contributed by atoms with E-state index >= 15 is 0 Å². The lowest BCUT2D eigenvalue weighted by atomic mass is 9.93. The molecule has 1 heterocycles. The minimum Gasteiger partial charge on any atom is -0.494 e. The Labute approximate surface area is 103 Å². The van der Waals surface area contributed by atoms with Gasteiger partial charge in [-0.25, -0.2) is 0 Å². The molecule has 0 radical (unpaired) electrons. The molecule has 3 nitrogen and oxygen atoms in total. The maximum atomic E-state index is 6.25. The first-order valence-corrected chi connectivity index (χ1v) is 6.32. The molecule has 0 saturated carbocycles. The van der Waals surface area contributed by atoms with Crippen LogP contribution in [-0.2, 0) is 4.74 Å². The van der Waals surface area contributed by atoms with Gasteiger partial charge in [-0.2, -0.15) is 0 Å². The Bertz CT molecular complexity index is 350. The van der Waals surface area contributed by atoms with E-state index in [1.165, 1.54) is 0 Å². The van der Waals surface area contributed by atoms with E-state index in [1.807, 2.05) is 31.2 Å². The largest absolute Gasteiger partial charge is 0.494 e. The summed E-state index contributed by atoms with van der Waals surface area (Å²) in [5.74, 6) is 1.43. The number of hydrogen-bond donors (Lipinski definition) is 1. The molecular formula is C14H21NO2. The van der Waals surface area contributed by atoms with Crippen molar-refractivity contribution in [2.45, 2.75) is 32.4 Å². The highest BCUT2D eigenvalue weighted by molar-refractivity contribution is 5.29. The second-order valence-corrected chi connectivity index (χ2v) is 4.63. The van der Waals surface area contributed by atoms with Crippen LogP contribution in [0.4, 0.5) is 0 Å². The van der Waals surface area contributed by atoms with E-state index in [2.05, 4.69) is 6.92 Å². The van der Waals surface area contributed by atoms with E-state index in [9.17, 15) is 0 Å². The van der Waals surface area contributed by atoms with Crippen LogP contribution in [0.25, 0.3) is 0 Å². The van der Waals surface area contributed by atoms with Gasteiger partial charge in [0, 0.05) is 6.61 Å². The monoisotopic (exact) mass is 235 g/mol. The minimum absolute atomic E-state index is 0.0387. The molecule has 2 N–H and O–H groups in total. The summed E-state index contributed by atoms with van der Waals surface area (Å²) in [5, 5.41) is 0. The standard InChI is InChI=1S/C14H21NO2/c1-3-16-12-6-4-11(5-7-12)13(15)14-10(2)8-9-17-14/h4-7,10,13-14H,3,8-9,15H2,1-2H3. The zero-order valence-electron chi connectivity index (χ0n) is 10.6. The van der Waals surface area contributed by atoms with E-state index in [4.69, 9.17) is 15.2 Å². The van der Waals surface area contributed by atoms with Gasteiger partial charge in [-0.3, -0.25) is 0 Å². The Morgan fingerprint density at radius 2 is 2.12 bits per heavy atom. The third-order valence-electron chi connectivity index (χ3n) is 3.37. The fraction of sp³-hybridized carbons (Fsp3) is 0.571. The molecule has 94 valence electrons. The van der Waals surface area contributed by atoms with Crippen LogP contribution in [0.15, 0.2) is 24.3 Å². The van der Waals surface area contributed by atoms with Gasteiger partial charge in [-0.05, 0) is 37.0 Å². The van der Waals surface area contributed by atoms with Gasteiger partial charge in [0.15, 0.2) is 0 Å². The van der Waals surface area contributed by atoms with Gasteiger partial charge in [-0.15, -0.1) is 0 Å². The Hall–Kier alpha value is -1.06. The molecule has 1 saturated heterocycles. The average Bonchev–Trinajstić information content (AvgIpc) is 2.76. The normalized spacial score (nSPS) is 25.8. The maximum absolute atomic E-state index is 6.25. The lowest BCUT2D eigenvalue weighted by molar-refractivity contribution is 0.0725. The highest BCUT2D eigenvalue weighted by Gasteiger charge is 2.30. The van der Waals surface area contributed by atoms with Gasteiger partial charge in [0.1, 0.15) is 5.75 Å². The smallest absolute Gasteiger partial charge is 0.119 e. The van der Waals surface area contributed by atoms with Crippen molar-refractivity contribution in [1.82, 2.24) is 0 Å². The van der Waals surface area contributed by atoms with Crippen LogP contribution in [0.3, 0.4) is 0 Å². The summed E-state index contributed by atoms with van der Waals surface area (Å²) >= 11 is 0. The Kier molecular flexibility index (Phi) is 4.02. The summed E-state index contributed by atoms with van der Waals surface area (Å²) in [4.78, 5) is 0. The SMILES string of the molecule is CCOc1ccc(C(N)C2OCCC2C)cc1. The lowest BCUT2D eigenvalue weighted by Gasteiger charge is -2.22. The first kappa shape index (κ1) is 12.4. The van der Waals surface area contributed by atoms with Gasteiger partial charge < -0.3 is 15.2 Å². The molecule has 3 heteroatoms. The van der Waals surface area contributed by atoms with E-state index in [0.717, 1.165) is 24.3 Å². The van der Waals surface area contributed by atoms with Gasteiger partial charge in [0.05, 0.1) is 18.8 Å². The Balaban J connectivity index is 2.05. The lowest BCUT2D eigenvalue weighted by Crippen LogP contribution is -2.29. The topological polar surface area (TPSA) is 44.5 Å². The molecule has 1 fully saturated rings. The first-order valence-electron chi connectivity index (χ1n) is 6.32. The van der Waals surface area contributed by atoms with Crippen LogP contribution in [0.5, 0.6) is 5.75 Å². The van der Waals surface area contributed by atoms with E-state index in [0.29, 0.717) is 12.5 Å². The molecule has 1 aliphatic heterocycles. The molecule has 3 atom stereocenters. The fourth-order valence-corrected chi connectivity index (χ4v) is 2.32. The summed E-state index contributed by atoms with van der Waals surface area (Å²) in [6.07, 6.45) is 1.25. The maximum Gasteiger partial charge on any atom is 0.119 e. The van der Waals surface area contributed by atoms with E-state index in [-0.39, 0.29) is 12.1 Å². The van der Waals surface area contributed by atoms with Gasteiger partial charge in [0.2, 0.25) is 0 Å². The predicted molar refractivity (Wildman–Crippen MR) is 68.1 cm³/mol. The van der Waals surface area contributed by atoms with Gasteiger partial charge in [-0.1, -0.05) is 19.1 Å². The predicted octanol–water partition coefficient (Wildman–Crippen LogP) is 2.51. The highest BCUT2D eigenvalue weighted by Crippen LogP contribution is 2.30. The Morgan fingerprint density at radius 1 is 1.41 bits per heavy atom. The van der Waals surface area contributed by atoms with Crippen LogP contribution in [0.2, 0.25) is 0 Å². The molecular weight excluding hydrogens is 214 g/mol. The van der Waals surface area contributed by atoms with Crippen LogP contribution in [0, 0.1) is 5.92 Å². The molecule has 1 aromatic rings. The van der Waals surface area contributed by atoms with Crippen molar-refractivity contribution in [1.29, 1.82) is 0 Å². The van der Waals surface area contributed by atoms with Crippen molar-refractivity contribution in [3.05, 3.63) is 29.8 Å². The summed E-state index contributed by atoms with van der Waals surface area (Å²) in [7, 11) is 0. The summed E-state index contributed by atoms with van der Waals surface area (Å²) in [6.45, 7) is 5.70. The molecule has 2 rings (SSSR count). The summed E-state index contributed by atoms with van der Waals surface area (Å²) < 4.78 is 11.1. The van der Waals surface area contributed by atoms with Crippen molar-refractivity contribution in [2.75, 3.05) is 13.2 Å². The summed E-state index contributed by atoms with van der Waals surface area (Å²) in [5.41, 5.74) is 7.37. The second-order valence-electron chi connectivity index (χ2n) is 4.63. The fourth-order valence-electron chi connectivity index (χ4n) is 2.32. The molecule has 3 unspecified atom stereocenters. The van der Waals surface area contributed by atoms with Crippen LogP contribution < -0.4 is 10.5 Å². The number of benzene rings is 1. The van der Waals surface area contributed by atoms with Crippen molar-refractivity contribution in [3.8, 4) is 5.75 Å². The molecule has 1 aliphatic rings. The number of hydrogen-bond acceptors (Lipinski definition) is 3. The van der Waals surface area contributed by atoms with Gasteiger partial charge >= 0.3 is 0 Å². The third-order valence-corrected chi connectivity index (χ3v) is 3.37. The Morgan fingerprint density at radius 3 is 2.65 bits per heavy atom. The molecule has 1 aromatic carbocycles. The molecule has 0 bridgehead atoms. The van der Waals surface area contributed by atoms with Crippen molar-refractivity contribution < 1.29 is 9.47 Å².